The van der Waals surface area contributed by atoms with E-state index in [4.69, 9.17) is 0 Å². The van der Waals surface area contributed by atoms with Crippen molar-refractivity contribution in [2.75, 3.05) is 18.0 Å². The lowest BCUT2D eigenvalue weighted by atomic mass is 10.1. The number of aryl methyl sites for hydroxylation is 1. The number of rotatable bonds is 5. The fraction of sp³-hybridized carbons (Fsp3) is 0.389. The molecule has 0 atom stereocenters. The number of pyridine rings is 1. The van der Waals surface area contributed by atoms with Crippen LogP contribution >= 0.6 is 0 Å². The monoisotopic (exact) mass is 363 g/mol. The molecular formula is C18H22FN3O2S. The van der Waals surface area contributed by atoms with Crippen molar-refractivity contribution in [3.8, 4) is 0 Å². The molecule has 1 N–H and O–H groups in total. The Morgan fingerprint density at radius 1 is 1.20 bits per heavy atom. The van der Waals surface area contributed by atoms with Crippen LogP contribution in [0.25, 0.3) is 0 Å². The minimum Gasteiger partial charge on any atom is -0.356 e. The van der Waals surface area contributed by atoms with Crippen LogP contribution in [0.1, 0.15) is 24.1 Å². The molecule has 0 aliphatic carbocycles. The first-order chi connectivity index (χ1) is 11.9. The van der Waals surface area contributed by atoms with Gasteiger partial charge in [-0.3, -0.25) is 0 Å². The summed E-state index contributed by atoms with van der Waals surface area (Å²) in [5.74, 6) is 0.303. The summed E-state index contributed by atoms with van der Waals surface area (Å²) >= 11 is 0. The van der Waals surface area contributed by atoms with Crippen LogP contribution in [0.3, 0.4) is 0 Å². The van der Waals surface area contributed by atoms with Crippen LogP contribution in [-0.4, -0.2) is 32.5 Å². The molecule has 1 aromatic carbocycles. The number of halogens is 1. The third kappa shape index (κ3) is 4.99. The Morgan fingerprint density at radius 3 is 2.60 bits per heavy atom. The summed E-state index contributed by atoms with van der Waals surface area (Å²) in [7, 11) is -3.49. The number of nitrogens with zero attached hydrogens (tertiary/aromatic N) is 2. The zero-order valence-corrected chi connectivity index (χ0v) is 15.0. The van der Waals surface area contributed by atoms with E-state index < -0.39 is 15.8 Å². The third-order valence-corrected chi connectivity index (χ3v) is 5.69. The van der Waals surface area contributed by atoms with E-state index >= 15 is 0 Å². The average Bonchev–Trinajstić information content (AvgIpc) is 2.54. The molecule has 25 heavy (non-hydrogen) atoms. The number of sulfonamides is 1. The van der Waals surface area contributed by atoms with E-state index in [9.17, 15) is 12.8 Å². The van der Waals surface area contributed by atoms with Crippen LogP contribution in [-0.2, 0) is 15.8 Å². The molecule has 1 saturated heterocycles. The SMILES string of the molecule is Cc1cccc(N2CCC(NS(=O)(=O)Cc3cccc(F)c3)CC2)n1. The first kappa shape index (κ1) is 17.8. The van der Waals surface area contributed by atoms with E-state index in [0.29, 0.717) is 5.56 Å². The molecule has 0 unspecified atom stereocenters. The van der Waals surface area contributed by atoms with Crippen LogP contribution in [0.15, 0.2) is 42.5 Å². The van der Waals surface area contributed by atoms with Gasteiger partial charge in [-0.05, 0) is 49.6 Å². The van der Waals surface area contributed by atoms with E-state index in [-0.39, 0.29) is 11.8 Å². The second-order valence-corrected chi connectivity index (χ2v) is 8.16. The number of piperidine rings is 1. The second-order valence-electron chi connectivity index (χ2n) is 6.41. The number of anilines is 1. The quantitative estimate of drug-likeness (QED) is 0.887. The van der Waals surface area contributed by atoms with Gasteiger partial charge in [0, 0.05) is 24.8 Å². The Balaban J connectivity index is 1.56. The van der Waals surface area contributed by atoms with Gasteiger partial charge in [0.2, 0.25) is 10.0 Å². The van der Waals surface area contributed by atoms with Crippen molar-refractivity contribution in [2.45, 2.75) is 31.6 Å². The zero-order chi connectivity index (χ0) is 17.9. The van der Waals surface area contributed by atoms with E-state index in [1.54, 1.807) is 6.07 Å². The summed E-state index contributed by atoms with van der Waals surface area (Å²) < 4.78 is 40.6. The van der Waals surface area contributed by atoms with Gasteiger partial charge in [-0.25, -0.2) is 22.5 Å². The lowest BCUT2D eigenvalue weighted by Gasteiger charge is -2.33. The number of hydrogen-bond donors (Lipinski definition) is 1. The van der Waals surface area contributed by atoms with Crippen molar-refractivity contribution < 1.29 is 12.8 Å². The molecule has 1 aliphatic heterocycles. The summed E-state index contributed by atoms with van der Waals surface area (Å²) in [6.45, 7) is 3.46. The van der Waals surface area contributed by atoms with Crippen molar-refractivity contribution in [3.63, 3.8) is 0 Å². The van der Waals surface area contributed by atoms with Gasteiger partial charge in [0.05, 0.1) is 5.75 Å². The largest absolute Gasteiger partial charge is 0.356 e. The molecule has 0 radical (unpaired) electrons. The Kier molecular flexibility index (Phi) is 5.34. The summed E-state index contributed by atoms with van der Waals surface area (Å²) in [5.41, 5.74) is 1.42. The predicted octanol–water partition coefficient (Wildman–Crippen LogP) is 2.62. The molecule has 2 aromatic rings. The highest BCUT2D eigenvalue weighted by Gasteiger charge is 2.24. The van der Waals surface area contributed by atoms with Crippen LogP contribution in [0.4, 0.5) is 10.2 Å². The molecule has 7 heteroatoms. The number of nitrogens with one attached hydrogen (secondary N) is 1. The molecule has 2 heterocycles. The van der Waals surface area contributed by atoms with Crippen molar-refractivity contribution in [1.82, 2.24) is 9.71 Å². The van der Waals surface area contributed by atoms with Gasteiger partial charge in [-0.2, -0.15) is 0 Å². The molecule has 1 fully saturated rings. The number of hydrogen-bond acceptors (Lipinski definition) is 4. The van der Waals surface area contributed by atoms with Crippen molar-refractivity contribution >= 4 is 15.8 Å². The Labute approximate surface area is 147 Å². The van der Waals surface area contributed by atoms with Gasteiger partial charge in [-0.1, -0.05) is 18.2 Å². The lowest BCUT2D eigenvalue weighted by molar-refractivity contribution is 0.458. The van der Waals surface area contributed by atoms with Gasteiger partial charge in [0.1, 0.15) is 11.6 Å². The molecule has 3 rings (SSSR count). The Bertz CT molecular complexity index is 834. The molecule has 0 saturated carbocycles. The Hall–Kier alpha value is -1.99. The van der Waals surface area contributed by atoms with Crippen LogP contribution in [0.5, 0.6) is 0 Å². The highest BCUT2D eigenvalue weighted by molar-refractivity contribution is 7.88. The number of benzene rings is 1. The molecule has 0 bridgehead atoms. The molecule has 0 amide bonds. The first-order valence-electron chi connectivity index (χ1n) is 8.34. The number of aromatic nitrogens is 1. The third-order valence-electron chi connectivity index (χ3n) is 4.28. The van der Waals surface area contributed by atoms with Gasteiger partial charge < -0.3 is 4.90 Å². The molecule has 0 spiro atoms. The van der Waals surface area contributed by atoms with Crippen molar-refractivity contribution in [2.24, 2.45) is 0 Å². The molecule has 1 aliphatic rings. The maximum Gasteiger partial charge on any atom is 0.216 e. The van der Waals surface area contributed by atoms with Gasteiger partial charge >= 0.3 is 0 Å². The molecule has 5 nitrogen and oxygen atoms in total. The topological polar surface area (TPSA) is 62.3 Å². The summed E-state index contributed by atoms with van der Waals surface area (Å²) in [4.78, 5) is 6.68. The van der Waals surface area contributed by atoms with Gasteiger partial charge in [0.25, 0.3) is 0 Å². The molecular weight excluding hydrogens is 341 g/mol. The normalized spacial score (nSPS) is 16.2. The zero-order valence-electron chi connectivity index (χ0n) is 14.2. The fourth-order valence-electron chi connectivity index (χ4n) is 3.07. The summed E-state index contributed by atoms with van der Waals surface area (Å²) in [6, 6.07) is 11.5. The lowest BCUT2D eigenvalue weighted by Crippen LogP contribution is -2.45. The van der Waals surface area contributed by atoms with Gasteiger partial charge in [-0.15, -0.1) is 0 Å². The first-order valence-corrected chi connectivity index (χ1v) is 9.99. The maximum absolute atomic E-state index is 13.2. The minimum absolute atomic E-state index is 0.0976. The molecule has 1 aromatic heterocycles. The highest BCUT2D eigenvalue weighted by atomic mass is 32.2. The fourth-order valence-corrected chi connectivity index (χ4v) is 4.52. The van der Waals surface area contributed by atoms with E-state index in [1.165, 1.54) is 18.2 Å². The maximum atomic E-state index is 13.2. The van der Waals surface area contributed by atoms with Crippen LogP contribution in [0.2, 0.25) is 0 Å². The van der Waals surface area contributed by atoms with E-state index in [1.807, 2.05) is 25.1 Å². The Morgan fingerprint density at radius 2 is 1.92 bits per heavy atom. The standard InChI is InChI=1S/C18H22FN3O2S/c1-14-4-2-7-18(20-14)22-10-8-17(9-11-22)21-25(23,24)13-15-5-3-6-16(19)12-15/h2-7,12,17,21H,8-11,13H2,1H3. The molecule has 134 valence electrons. The van der Waals surface area contributed by atoms with E-state index in [0.717, 1.165) is 37.4 Å². The van der Waals surface area contributed by atoms with Crippen LogP contribution in [0, 0.1) is 12.7 Å². The van der Waals surface area contributed by atoms with Crippen LogP contribution < -0.4 is 9.62 Å². The van der Waals surface area contributed by atoms with Crippen molar-refractivity contribution in [3.05, 3.63) is 59.5 Å². The predicted molar refractivity (Wildman–Crippen MR) is 96.4 cm³/mol. The highest BCUT2D eigenvalue weighted by Crippen LogP contribution is 2.19. The van der Waals surface area contributed by atoms with Gasteiger partial charge in [0.15, 0.2) is 0 Å². The van der Waals surface area contributed by atoms with Crippen molar-refractivity contribution in [1.29, 1.82) is 0 Å². The smallest absolute Gasteiger partial charge is 0.216 e. The average molecular weight is 363 g/mol. The minimum atomic E-state index is -3.49. The summed E-state index contributed by atoms with van der Waals surface area (Å²) in [6.07, 6.45) is 1.44. The summed E-state index contributed by atoms with van der Waals surface area (Å²) in [5, 5.41) is 0. The van der Waals surface area contributed by atoms with E-state index in [2.05, 4.69) is 14.6 Å². The second kappa shape index (κ2) is 7.49.